The van der Waals surface area contributed by atoms with Crippen molar-refractivity contribution in [2.45, 2.75) is 25.7 Å². The van der Waals surface area contributed by atoms with Crippen LogP contribution in [0.15, 0.2) is 66.9 Å². The van der Waals surface area contributed by atoms with Gasteiger partial charge in [0.1, 0.15) is 0 Å². The lowest BCUT2D eigenvalue weighted by Gasteiger charge is -2.16. The summed E-state index contributed by atoms with van der Waals surface area (Å²) in [5, 5.41) is 5.84. The molecule has 0 radical (unpaired) electrons. The average molecular weight is 401 g/mol. The molecule has 0 aliphatic heterocycles. The van der Waals surface area contributed by atoms with Crippen molar-refractivity contribution in [3.8, 4) is 11.3 Å². The largest absolute Gasteiger partial charge is 0.361 e. The van der Waals surface area contributed by atoms with Crippen molar-refractivity contribution in [3.63, 3.8) is 0 Å². The zero-order chi connectivity index (χ0) is 20.9. The van der Waals surface area contributed by atoms with E-state index in [4.69, 9.17) is 0 Å². The summed E-state index contributed by atoms with van der Waals surface area (Å²) >= 11 is 0. The summed E-state index contributed by atoms with van der Waals surface area (Å²) in [7, 11) is 3.87. The maximum absolute atomic E-state index is 12.6. The number of fused-ring (bicyclic) bond motifs is 1. The van der Waals surface area contributed by atoms with Gasteiger partial charge in [-0.15, -0.1) is 0 Å². The van der Waals surface area contributed by atoms with Crippen LogP contribution in [0.1, 0.15) is 24.1 Å². The Hall–Kier alpha value is -3.34. The molecule has 0 spiro atoms. The van der Waals surface area contributed by atoms with E-state index in [9.17, 15) is 4.79 Å². The topological polar surface area (TPSA) is 53.9 Å². The number of H-pyrrole nitrogens is 1. The molecule has 0 aliphatic rings. The van der Waals surface area contributed by atoms with E-state index in [1.165, 1.54) is 16.5 Å². The Morgan fingerprint density at radius 2 is 1.83 bits per heavy atom. The average Bonchev–Trinajstić information content (AvgIpc) is 3.35. The minimum atomic E-state index is 0.186. The Labute approximate surface area is 177 Å². The highest BCUT2D eigenvalue weighted by Gasteiger charge is 2.12. The van der Waals surface area contributed by atoms with Gasteiger partial charge in [-0.3, -0.25) is 9.48 Å². The molecule has 0 aliphatic carbocycles. The number of para-hydroxylation sites is 1. The summed E-state index contributed by atoms with van der Waals surface area (Å²) in [6.45, 7) is 0.740. The Kier molecular flexibility index (Phi) is 5.98. The Balaban J connectivity index is 1.26. The molecule has 0 saturated carbocycles. The van der Waals surface area contributed by atoms with E-state index in [-0.39, 0.29) is 5.91 Å². The number of rotatable bonds is 8. The second-order valence-corrected chi connectivity index (χ2v) is 7.79. The number of aromatic amines is 1. The van der Waals surface area contributed by atoms with Gasteiger partial charge in [0.25, 0.3) is 0 Å². The molecule has 4 aromatic rings. The van der Waals surface area contributed by atoms with Gasteiger partial charge in [0.2, 0.25) is 5.91 Å². The van der Waals surface area contributed by atoms with E-state index < -0.39 is 0 Å². The molecule has 5 nitrogen and oxygen atoms in total. The summed E-state index contributed by atoms with van der Waals surface area (Å²) in [5.41, 5.74) is 5.68. The van der Waals surface area contributed by atoms with Crippen molar-refractivity contribution < 1.29 is 4.79 Å². The van der Waals surface area contributed by atoms with Crippen molar-refractivity contribution in [3.05, 3.63) is 78.1 Å². The van der Waals surface area contributed by atoms with Crippen LogP contribution in [0, 0.1) is 0 Å². The van der Waals surface area contributed by atoms with Gasteiger partial charge in [0, 0.05) is 44.2 Å². The number of amides is 1. The molecule has 0 saturated heterocycles. The molecule has 4 rings (SSSR count). The zero-order valence-electron chi connectivity index (χ0n) is 17.6. The Morgan fingerprint density at radius 3 is 2.67 bits per heavy atom. The number of nitrogens with one attached hydrogen (secondary N) is 1. The van der Waals surface area contributed by atoms with E-state index in [1.54, 1.807) is 0 Å². The van der Waals surface area contributed by atoms with E-state index in [2.05, 4.69) is 40.4 Å². The predicted octanol–water partition coefficient (Wildman–Crippen LogP) is 4.59. The number of benzene rings is 2. The van der Waals surface area contributed by atoms with Crippen LogP contribution < -0.4 is 0 Å². The first-order chi connectivity index (χ1) is 14.6. The number of hydrogen-bond acceptors (Lipinski definition) is 2. The highest BCUT2D eigenvalue weighted by Crippen LogP contribution is 2.21. The number of carbonyl (C=O) groups excluding carboxylic acids is 1. The predicted molar refractivity (Wildman–Crippen MR) is 121 cm³/mol. The molecule has 0 fully saturated rings. The fourth-order valence-electron chi connectivity index (χ4n) is 3.92. The van der Waals surface area contributed by atoms with Crippen LogP contribution in [0.25, 0.3) is 22.2 Å². The highest BCUT2D eigenvalue weighted by atomic mass is 16.2. The van der Waals surface area contributed by atoms with Crippen molar-refractivity contribution >= 4 is 16.8 Å². The third-order valence-electron chi connectivity index (χ3n) is 5.64. The van der Waals surface area contributed by atoms with Crippen LogP contribution >= 0.6 is 0 Å². The highest BCUT2D eigenvalue weighted by molar-refractivity contribution is 5.84. The van der Waals surface area contributed by atoms with Crippen molar-refractivity contribution in [1.82, 2.24) is 19.7 Å². The quantitative estimate of drug-likeness (QED) is 0.470. The van der Waals surface area contributed by atoms with E-state index in [0.717, 1.165) is 42.7 Å². The minimum absolute atomic E-state index is 0.186. The lowest BCUT2D eigenvalue weighted by Crippen LogP contribution is -2.28. The summed E-state index contributed by atoms with van der Waals surface area (Å²) in [4.78, 5) is 17.7. The van der Waals surface area contributed by atoms with Crippen molar-refractivity contribution in [1.29, 1.82) is 0 Å². The molecule has 0 unspecified atom stereocenters. The fraction of sp³-hybridized carbons (Fsp3) is 0.280. The normalized spacial score (nSPS) is 11.1. The van der Waals surface area contributed by atoms with Crippen LogP contribution in [-0.2, 0) is 24.7 Å². The molecule has 5 heteroatoms. The molecule has 0 atom stereocenters. The van der Waals surface area contributed by atoms with E-state index in [1.807, 2.05) is 60.2 Å². The standard InChI is InChI=1S/C25H28N4O/c1-28(25(30)15-14-20-18-26-23-13-7-6-12-22(20)23)16-8-11-21-17-24(29(2)27-21)19-9-4-3-5-10-19/h3-7,9-10,12-13,17-18,26H,8,11,14-16H2,1-2H3. The van der Waals surface area contributed by atoms with Gasteiger partial charge >= 0.3 is 0 Å². The van der Waals surface area contributed by atoms with Crippen LogP contribution in [0.4, 0.5) is 0 Å². The maximum Gasteiger partial charge on any atom is 0.222 e. The number of carbonyl (C=O) groups is 1. The molecule has 1 N–H and O–H groups in total. The Bertz CT molecular complexity index is 1130. The van der Waals surface area contributed by atoms with Crippen molar-refractivity contribution in [2.75, 3.05) is 13.6 Å². The molecule has 2 aromatic carbocycles. The first-order valence-corrected chi connectivity index (χ1v) is 10.5. The number of nitrogens with zero attached hydrogens (tertiary/aromatic N) is 3. The maximum atomic E-state index is 12.6. The summed E-state index contributed by atoms with van der Waals surface area (Å²) in [6, 6.07) is 20.7. The second kappa shape index (κ2) is 8.99. The van der Waals surface area contributed by atoms with Gasteiger partial charge in [-0.05, 0) is 42.5 Å². The van der Waals surface area contributed by atoms with Crippen LogP contribution in [0.3, 0.4) is 0 Å². The third kappa shape index (κ3) is 4.46. The SMILES string of the molecule is CN(CCCc1cc(-c2ccccc2)n(C)n1)C(=O)CCc1c[nH]c2ccccc12. The smallest absolute Gasteiger partial charge is 0.222 e. The fourth-order valence-corrected chi connectivity index (χ4v) is 3.92. The van der Waals surface area contributed by atoms with Gasteiger partial charge in [-0.2, -0.15) is 5.10 Å². The van der Waals surface area contributed by atoms with Gasteiger partial charge in [0.05, 0.1) is 11.4 Å². The molecular formula is C25H28N4O. The lowest BCUT2D eigenvalue weighted by atomic mass is 10.1. The zero-order valence-corrected chi connectivity index (χ0v) is 17.6. The number of aromatic nitrogens is 3. The molecule has 1 amide bonds. The van der Waals surface area contributed by atoms with Gasteiger partial charge in [-0.1, -0.05) is 48.5 Å². The van der Waals surface area contributed by atoms with Crippen LogP contribution in [-0.4, -0.2) is 39.2 Å². The van der Waals surface area contributed by atoms with Crippen molar-refractivity contribution in [2.24, 2.45) is 7.05 Å². The lowest BCUT2D eigenvalue weighted by molar-refractivity contribution is -0.129. The molecule has 154 valence electrons. The Morgan fingerprint density at radius 1 is 1.07 bits per heavy atom. The minimum Gasteiger partial charge on any atom is -0.361 e. The van der Waals surface area contributed by atoms with Gasteiger partial charge < -0.3 is 9.88 Å². The molecular weight excluding hydrogens is 372 g/mol. The first kappa shape index (κ1) is 20.0. The van der Waals surface area contributed by atoms with Gasteiger partial charge in [-0.25, -0.2) is 0 Å². The van der Waals surface area contributed by atoms with E-state index >= 15 is 0 Å². The summed E-state index contributed by atoms with van der Waals surface area (Å²) < 4.78 is 1.93. The second-order valence-electron chi connectivity index (χ2n) is 7.79. The number of aryl methyl sites for hydroxylation is 3. The molecule has 30 heavy (non-hydrogen) atoms. The van der Waals surface area contributed by atoms with Crippen LogP contribution in [0.2, 0.25) is 0 Å². The molecule has 0 bridgehead atoms. The summed E-state index contributed by atoms with van der Waals surface area (Å²) in [6.07, 6.45) is 5.07. The van der Waals surface area contributed by atoms with Crippen LogP contribution in [0.5, 0.6) is 0 Å². The first-order valence-electron chi connectivity index (χ1n) is 10.5. The third-order valence-corrected chi connectivity index (χ3v) is 5.64. The summed E-state index contributed by atoms with van der Waals surface area (Å²) in [5.74, 6) is 0.186. The van der Waals surface area contributed by atoms with Gasteiger partial charge in [0.15, 0.2) is 0 Å². The number of hydrogen-bond donors (Lipinski definition) is 1. The monoisotopic (exact) mass is 400 g/mol. The molecule has 2 aromatic heterocycles. The molecule has 2 heterocycles. The van der Waals surface area contributed by atoms with E-state index in [0.29, 0.717) is 6.42 Å².